The second-order valence-corrected chi connectivity index (χ2v) is 9.86. The molecule has 28 heavy (non-hydrogen) atoms. The first kappa shape index (κ1) is 19.8. The van der Waals surface area contributed by atoms with Crippen molar-refractivity contribution < 1.29 is 13.2 Å². The van der Waals surface area contributed by atoms with E-state index in [2.05, 4.69) is 23.3 Å². The molecule has 8 heteroatoms. The molecule has 2 fully saturated rings. The molecule has 3 heterocycles. The van der Waals surface area contributed by atoms with Crippen molar-refractivity contribution in [3.63, 3.8) is 0 Å². The molecule has 1 aromatic heterocycles. The quantitative estimate of drug-likeness (QED) is 0.762. The van der Waals surface area contributed by atoms with Crippen LogP contribution in [0.2, 0.25) is 0 Å². The number of hydrogen-bond donors (Lipinski definition) is 0. The second kappa shape index (κ2) is 8.10. The molecule has 2 aliphatic rings. The third-order valence-corrected chi connectivity index (χ3v) is 7.72. The van der Waals surface area contributed by atoms with Crippen LogP contribution in [-0.2, 0) is 27.8 Å². The maximum atomic E-state index is 13.0. The van der Waals surface area contributed by atoms with Gasteiger partial charge in [-0.15, -0.1) is 0 Å². The molecular weight excluding hydrogens is 376 g/mol. The van der Waals surface area contributed by atoms with E-state index in [0.29, 0.717) is 31.2 Å². The monoisotopic (exact) mass is 406 g/mol. The summed E-state index contributed by atoms with van der Waals surface area (Å²) in [6, 6.07) is 5.35. The molecule has 0 radical (unpaired) electrons. The Morgan fingerprint density at radius 2 is 2.00 bits per heavy atom. The van der Waals surface area contributed by atoms with Crippen molar-refractivity contribution in [2.24, 2.45) is 5.92 Å². The fraction of sp³-hybridized carbons (Fsp3) is 0.650. The lowest BCUT2D eigenvalue weighted by atomic mass is 10.0. The molecule has 0 unspecified atom stereocenters. The van der Waals surface area contributed by atoms with E-state index >= 15 is 0 Å². The Balaban J connectivity index is 1.64. The highest BCUT2D eigenvalue weighted by Crippen LogP contribution is 2.25. The summed E-state index contributed by atoms with van der Waals surface area (Å²) in [4.78, 5) is 7.62. The minimum Gasteiger partial charge on any atom is -0.379 e. The predicted molar refractivity (Wildman–Crippen MR) is 109 cm³/mol. The van der Waals surface area contributed by atoms with E-state index in [0.717, 1.165) is 49.0 Å². The molecule has 154 valence electrons. The molecule has 0 bridgehead atoms. The Labute approximate surface area is 167 Å². The van der Waals surface area contributed by atoms with Crippen molar-refractivity contribution >= 4 is 21.1 Å². The first-order valence-corrected chi connectivity index (χ1v) is 11.7. The van der Waals surface area contributed by atoms with E-state index in [1.807, 2.05) is 6.07 Å². The van der Waals surface area contributed by atoms with Crippen molar-refractivity contribution in [2.45, 2.75) is 44.7 Å². The Kier molecular flexibility index (Phi) is 5.73. The normalized spacial score (nSPS) is 22.7. The van der Waals surface area contributed by atoms with Crippen LogP contribution in [0.25, 0.3) is 11.0 Å². The molecule has 0 N–H and O–H groups in total. The van der Waals surface area contributed by atoms with Gasteiger partial charge in [0.2, 0.25) is 10.0 Å². The number of fused-ring (bicyclic) bond motifs is 1. The molecular formula is C20H30N4O3S. The zero-order valence-electron chi connectivity index (χ0n) is 16.8. The average molecular weight is 407 g/mol. The maximum Gasteiger partial charge on any atom is 0.243 e. The predicted octanol–water partition coefficient (Wildman–Crippen LogP) is 2.31. The van der Waals surface area contributed by atoms with Gasteiger partial charge >= 0.3 is 0 Å². The number of nitrogens with zero attached hydrogens (tertiary/aromatic N) is 4. The fourth-order valence-corrected chi connectivity index (χ4v) is 5.79. The smallest absolute Gasteiger partial charge is 0.243 e. The van der Waals surface area contributed by atoms with Crippen LogP contribution in [0.5, 0.6) is 0 Å². The number of likely N-dealkylation sites (tertiary alicyclic amines) is 1. The zero-order valence-corrected chi connectivity index (χ0v) is 17.6. The van der Waals surface area contributed by atoms with E-state index in [1.54, 1.807) is 12.1 Å². The fourth-order valence-electron chi connectivity index (χ4n) is 4.36. The third-order valence-electron chi connectivity index (χ3n) is 5.83. The molecule has 2 aliphatic heterocycles. The zero-order chi connectivity index (χ0) is 19.7. The SMILES string of the molecule is CCn1c(CN2CCC[C@@H](C)C2)nc2cc(S(=O)(=O)N3CCOCC3)ccc21. The van der Waals surface area contributed by atoms with Crippen molar-refractivity contribution in [2.75, 3.05) is 39.4 Å². The van der Waals surface area contributed by atoms with Gasteiger partial charge < -0.3 is 9.30 Å². The first-order chi connectivity index (χ1) is 13.5. The Morgan fingerprint density at radius 3 is 2.71 bits per heavy atom. The number of imidazole rings is 1. The largest absolute Gasteiger partial charge is 0.379 e. The Hall–Kier alpha value is -1.48. The summed E-state index contributed by atoms with van der Waals surface area (Å²) in [6.07, 6.45) is 2.53. The molecule has 2 aromatic rings. The van der Waals surface area contributed by atoms with Crippen LogP contribution in [0.4, 0.5) is 0 Å². The van der Waals surface area contributed by atoms with Gasteiger partial charge in [-0.1, -0.05) is 6.92 Å². The van der Waals surface area contributed by atoms with Crippen LogP contribution in [0.15, 0.2) is 23.1 Å². The van der Waals surface area contributed by atoms with Gasteiger partial charge in [0.05, 0.1) is 35.7 Å². The molecule has 0 saturated carbocycles. The van der Waals surface area contributed by atoms with Gasteiger partial charge in [-0.25, -0.2) is 13.4 Å². The standard InChI is InChI=1S/C20H30N4O3S/c1-3-24-19-7-6-17(28(25,26)23-9-11-27-12-10-23)13-18(19)21-20(24)15-22-8-4-5-16(2)14-22/h6-7,13,16H,3-5,8-12,14-15H2,1-2H3/t16-/m1/s1. The van der Waals surface area contributed by atoms with Crippen molar-refractivity contribution in [3.8, 4) is 0 Å². The molecule has 4 rings (SSSR count). The number of aromatic nitrogens is 2. The van der Waals surface area contributed by atoms with Gasteiger partial charge in [-0.2, -0.15) is 4.31 Å². The summed E-state index contributed by atoms with van der Waals surface area (Å²) in [5.74, 6) is 1.74. The van der Waals surface area contributed by atoms with E-state index in [1.165, 1.54) is 17.1 Å². The lowest BCUT2D eigenvalue weighted by molar-refractivity contribution is 0.0730. The molecule has 7 nitrogen and oxygen atoms in total. The highest BCUT2D eigenvalue weighted by molar-refractivity contribution is 7.89. The number of sulfonamides is 1. The number of benzene rings is 1. The molecule has 0 amide bonds. The minimum atomic E-state index is -3.50. The third kappa shape index (κ3) is 3.83. The number of aryl methyl sites for hydroxylation is 1. The minimum absolute atomic E-state index is 0.320. The Morgan fingerprint density at radius 1 is 1.21 bits per heavy atom. The number of piperidine rings is 1. The van der Waals surface area contributed by atoms with Crippen LogP contribution < -0.4 is 0 Å². The van der Waals surface area contributed by atoms with Crippen LogP contribution >= 0.6 is 0 Å². The van der Waals surface area contributed by atoms with Crippen LogP contribution in [0.3, 0.4) is 0 Å². The molecule has 1 aromatic carbocycles. The van der Waals surface area contributed by atoms with Gasteiger partial charge in [0, 0.05) is 26.2 Å². The second-order valence-electron chi connectivity index (χ2n) is 7.92. The van der Waals surface area contributed by atoms with Gasteiger partial charge in [0.25, 0.3) is 0 Å². The van der Waals surface area contributed by atoms with Crippen LogP contribution in [0.1, 0.15) is 32.5 Å². The van der Waals surface area contributed by atoms with Crippen LogP contribution in [0, 0.1) is 5.92 Å². The number of morpholine rings is 1. The highest BCUT2D eigenvalue weighted by Gasteiger charge is 2.27. The maximum absolute atomic E-state index is 13.0. The summed E-state index contributed by atoms with van der Waals surface area (Å²) in [7, 11) is -3.50. The summed E-state index contributed by atoms with van der Waals surface area (Å²) >= 11 is 0. The number of ether oxygens (including phenoxy) is 1. The summed E-state index contributed by atoms with van der Waals surface area (Å²) in [6.45, 7) is 9.97. The highest BCUT2D eigenvalue weighted by atomic mass is 32.2. The van der Waals surface area contributed by atoms with Gasteiger partial charge in [0.15, 0.2) is 0 Å². The molecule has 2 saturated heterocycles. The first-order valence-electron chi connectivity index (χ1n) is 10.3. The lowest BCUT2D eigenvalue weighted by Crippen LogP contribution is -2.40. The van der Waals surface area contributed by atoms with E-state index in [-0.39, 0.29) is 0 Å². The summed E-state index contributed by atoms with van der Waals surface area (Å²) in [5.41, 5.74) is 1.76. The van der Waals surface area contributed by atoms with E-state index in [9.17, 15) is 8.42 Å². The number of hydrogen-bond acceptors (Lipinski definition) is 5. The topological polar surface area (TPSA) is 67.7 Å². The van der Waals surface area contributed by atoms with Gasteiger partial charge in [0.1, 0.15) is 5.82 Å². The average Bonchev–Trinajstić information content (AvgIpc) is 3.04. The van der Waals surface area contributed by atoms with Crippen molar-refractivity contribution in [3.05, 3.63) is 24.0 Å². The molecule has 0 spiro atoms. The molecule has 0 aliphatic carbocycles. The van der Waals surface area contributed by atoms with E-state index < -0.39 is 10.0 Å². The summed E-state index contributed by atoms with van der Waals surface area (Å²) < 4.78 is 34.9. The molecule has 1 atom stereocenters. The lowest BCUT2D eigenvalue weighted by Gasteiger charge is -2.30. The van der Waals surface area contributed by atoms with Gasteiger partial charge in [-0.05, 0) is 50.4 Å². The number of rotatable bonds is 5. The van der Waals surface area contributed by atoms with Crippen molar-refractivity contribution in [1.29, 1.82) is 0 Å². The Bertz CT molecular complexity index is 934. The van der Waals surface area contributed by atoms with Gasteiger partial charge in [-0.3, -0.25) is 4.90 Å². The van der Waals surface area contributed by atoms with Crippen LogP contribution in [-0.4, -0.2) is 66.6 Å². The van der Waals surface area contributed by atoms with E-state index in [4.69, 9.17) is 9.72 Å². The summed E-state index contributed by atoms with van der Waals surface area (Å²) in [5, 5.41) is 0. The van der Waals surface area contributed by atoms with Crippen molar-refractivity contribution in [1.82, 2.24) is 18.8 Å².